The van der Waals surface area contributed by atoms with Crippen molar-refractivity contribution >= 4 is 11.9 Å². The van der Waals surface area contributed by atoms with Crippen molar-refractivity contribution in [2.75, 3.05) is 13.2 Å². The second-order valence-corrected chi connectivity index (χ2v) is 8.78. The number of aliphatic hydroxyl groups excluding tert-OH is 1. The topological polar surface area (TPSA) is 105 Å². The molecule has 184 valence electrons. The second-order valence-electron chi connectivity index (χ2n) is 8.78. The third-order valence-corrected chi connectivity index (χ3v) is 5.38. The Hall–Kier alpha value is -3.16. The van der Waals surface area contributed by atoms with Crippen LogP contribution in [0.5, 0.6) is 5.75 Å². The van der Waals surface area contributed by atoms with Gasteiger partial charge in [-0.2, -0.15) is 0 Å². The van der Waals surface area contributed by atoms with E-state index in [0.29, 0.717) is 24.3 Å². The number of benzene rings is 2. The highest BCUT2D eigenvalue weighted by Crippen LogP contribution is 2.20. The van der Waals surface area contributed by atoms with Gasteiger partial charge in [-0.15, -0.1) is 0 Å². The molecule has 7 nitrogen and oxygen atoms in total. The Balaban J connectivity index is 1.83. The van der Waals surface area contributed by atoms with Gasteiger partial charge < -0.3 is 25.0 Å². The summed E-state index contributed by atoms with van der Waals surface area (Å²) in [6, 6.07) is 16.7. The number of esters is 1. The maximum atomic E-state index is 12.1. The Labute approximate surface area is 201 Å². The van der Waals surface area contributed by atoms with Crippen LogP contribution in [0.2, 0.25) is 0 Å². The first kappa shape index (κ1) is 27.1. The second kappa shape index (κ2) is 12.9. The van der Waals surface area contributed by atoms with E-state index in [2.05, 4.69) is 5.32 Å². The van der Waals surface area contributed by atoms with Gasteiger partial charge in [0, 0.05) is 25.5 Å². The van der Waals surface area contributed by atoms with E-state index >= 15 is 0 Å². The van der Waals surface area contributed by atoms with Gasteiger partial charge in [-0.1, -0.05) is 30.3 Å². The molecule has 0 saturated heterocycles. The molecule has 0 unspecified atom stereocenters. The van der Waals surface area contributed by atoms with Crippen LogP contribution in [-0.4, -0.2) is 53.1 Å². The normalized spacial score (nSPS) is 13.6. The van der Waals surface area contributed by atoms with E-state index in [1.54, 1.807) is 25.1 Å². The number of rotatable bonds is 12. The molecule has 0 bridgehead atoms. The third-order valence-electron chi connectivity index (χ3n) is 5.38. The van der Waals surface area contributed by atoms with E-state index in [0.717, 1.165) is 11.1 Å². The van der Waals surface area contributed by atoms with E-state index in [1.165, 1.54) is 20.8 Å². The average molecular weight is 470 g/mol. The zero-order valence-electron chi connectivity index (χ0n) is 20.3. The fraction of sp³-hybridized carbons (Fsp3) is 0.407. The summed E-state index contributed by atoms with van der Waals surface area (Å²) in [4.78, 5) is 23.5. The maximum absolute atomic E-state index is 12.1. The van der Waals surface area contributed by atoms with Crippen molar-refractivity contribution in [3.8, 4) is 5.75 Å². The number of hydrogen-bond acceptors (Lipinski definition) is 6. The van der Waals surface area contributed by atoms with E-state index in [1.807, 2.05) is 42.5 Å². The van der Waals surface area contributed by atoms with Gasteiger partial charge in [0.1, 0.15) is 18.5 Å². The lowest BCUT2D eigenvalue weighted by Gasteiger charge is -2.28. The van der Waals surface area contributed by atoms with Crippen LogP contribution in [0.15, 0.2) is 66.2 Å². The Morgan fingerprint density at radius 3 is 2.29 bits per heavy atom. The van der Waals surface area contributed by atoms with Gasteiger partial charge in [-0.3, -0.25) is 9.59 Å². The molecule has 0 radical (unpaired) electrons. The molecule has 0 aliphatic carbocycles. The van der Waals surface area contributed by atoms with Crippen molar-refractivity contribution in [2.45, 2.75) is 58.3 Å². The van der Waals surface area contributed by atoms with Crippen molar-refractivity contribution in [3.05, 3.63) is 77.4 Å². The highest BCUT2D eigenvalue weighted by molar-refractivity contribution is 5.94. The lowest BCUT2D eigenvalue weighted by molar-refractivity contribution is -0.147. The van der Waals surface area contributed by atoms with Crippen molar-refractivity contribution in [2.24, 2.45) is 0 Å². The van der Waals surface area contributed by atoms with Crippen LogP contribution in [0.4, 0.5) is 0 Å². The molecule has 7 heteroatoms. The molecule has 0 fully saturated rings. The number of ether oxygens (including phenoxy) is 2. The van der Waals surface area contributed by atoms with E-state index in [4.69, 9.17) is 9.47 Å². The molecule has 0 heterocycles. The van der Waals surface area contributed by atoms with Gasteiger partial charge in [0.25, 0.3) is 5.91 Å². The minimum atomic E-state index is -1.30. The van der Waals surface area contributed by atoms with Gasteiger partial charge in [0.05, 0.1) is 11.7 Å². The first-order valence-electron chi connectivity index (χ1n) is 11.4. The number of carbonyl (C=O) groups excluding carboxylic acids is 2. The number of amides is 1. The zero-order chi connectivity index (χ0) is 25.1. The molecule has 1 amide bonds. The molecule has 2 rings (SSSR count). The summed E-state index contributed by atoms with van der Waals surface area (Å²) >= 11 is 0. The Morgan fingerprint density at radius 2 is 1.71 bits per heavy atom. The van der Waals surface area contributed by atoms with Crippen LogP contribution >= 0.6 is 0 Å². The highest BCUT2D eigenvalue weighted by Gasteiger charge is 2.29. The molecule has 0 aliphatic heterocycles. The van der Waals surface area contributed by atoms with Gasteiger partial charge in [-0.25, -0.2) is 0 Å². The van der Waals surface area contributed by atoms with Crippen LogP contribution in [0, 0.1) is 0 Å². The minimum Gasteiger partial charge on any atom is -0.490 e. The van der Waals surface area contributed by atoms with Crippen LogP contribution in [0.3, 0.4) is 0 Å². The number of nitrogens with one attached hydrogen (secondary N) is 1. The lowest BCUT2D eigenvalue weighted by Crippen LogP contribution is -2.39. The fourth-order valence-corrected chi connectivity index (χ4v) is 3.18. The molecule has 3 N–H and O–H groups in total. The smallest absolute Gasteiger partial charge is 0.303 e. The Bertz CT molecular complexity index is 947. The summed E-state index contributed by atoms with van der Waals surface area (Å²) in [5.74, 6) is 0.128. The minimum absolute atomic E-state index is 0.0842. The Kier molecular flexibility index (Phi) is 10.3. The summed E-state index contributed by atoms with van der Waals surface area (Å²) in [7, 11) is 0. The number of hydrogen-bond donors (Lipinski definition) is 3. The molecular formula is C27H35NO6. The highest BCUT2D eigenvalue weighted by atomic mass is 16.5. The van der Waals surface area contributed by atoms with Crippen molar-refractivity contribution in [1.82, 2.24) is 5.32 Å². The third kappa shape index (κ3) is 9.37. The molecule has 2 aromatic carbocycles. The fourth-order valence-electron chi connectivity index (χ4n) is 3.18. The molecular weight excluding hydrogens is 434 g/mol. The number of carbonyl (C=O) groups is 2. The lowest BCUT2D eigenvalue weighted by atomic mass is 9.94. The summed E-state index contributed by atoms with van der Waals surface area (Å²) in [5, 5.41) is 23.1. The largest absolute Gasteiger partial charge is 0.490 e. The number of aliphatic hydroxyl groups is 2. The molecule has 0 saturated carbocycles. The summed E-state index contributed by atoms with van der Waals surface area (Å²) in [6.45, 7) is 6.90. The molecule has 0 spiro atoms. The van der Waals surface area contributed by atoms with Crippen molar-refractivity contribution < 1.29 is 29.3 Å². The van der Waals surface area contributed by atoms with E-state index in [-0.39, 0.29) is 18.9 Å². The Morgan fingerprint density at radius 1 is 1.06 bits per heavy atom. The van der Waals surface area contributed by atoms with Crippen LogP contribution < -0.4 is 10.1 Å². The standard InChI is InChI=1S/C27H35NO6/c1-19(24(34-20(2)29)18-25(30)27(3,4)32)15-17-33-23-12-10-21(11-13-23)14-16-28-26(31)22-8-6-5-7-9-22/h5-13,15,24-25,30,32H,14,16-18H2,1-4H3,(H,28,31)/b19-15+/t24-,25+/m0/s1. The summed E-state index contributed by atoms with van der Waals surface area (Å²) in [6.07, 6.45) is 0.867. The van der Waals surface area contributed by atoms with Gasteiger partial charge in [0.2, 0.25) is 0 Å². The monoisotopic (exact) mass is 469 g/mol. The van der Waals surface area contributed by atoms with Crippen LogP contribution in [-0.2, 0) is 16.0 Å². The van der Waals surface area contributed by atoms with Gasteiger partial charge >= 0.3 is 5.97 Å². The van der Waals surface area contributed by atoms with Gasteiger partial charge in [0.15, 0.2) is 0 Å². The average Bonchev–Trinajstić information content (AvgIpc) is 2.79. The quantitative estimate of drug-likeness (QED) is 0.325. The zero-order valence-corrected chi connectivity index (χ0v) is 20.3. The molecule has 34 heavy (non-hydrogen) atoms. The predicted molar refractivity (Wildman–Crippen MR) is 131 cm³/mol. The summed E-state index contributed by atoms with van der Waals surface area (Å²) in [5.41, 5.74) is 1.13. The first-order chi connectivity index (χ1) is 16.1. The predicted octanol–water partition coefficient (Wildman–Crippen LogP) is 3.44. The molecule has 2 aromatic rings. The van der Waals surface area contributed by atoms with Crippen molar-refractivity contribution in [3.63, 3.8) is 0 Å². The van der Waals surface area contributed by atoms with Crippen LogP contribution in [0.1, 0.15) is 50.0 Å². The molecule has 0 aromatic heterocycles. The van der Waals surface area contributed by atoms with E-state index in [9.17, 15) is 19.8 Å². The van der Waals surface area contributed by atoms with E-state index < -0.39 is 23.8 Å². The molecule has 2 atom stereocenters. The first-order valence-corrected chi connectivity index (χ1v) is 11.4. The maximum Gasteiger partial charge on any atom is 0.303 e. The van der Waals surface area contributed by atoms with Crippen LogP contribution in [0.25, 0.3) is 0 Å². The SMILES string of the molecule is CC(=O)O[C@@H](C[C@@H](O)C(C)(C)O)/C(C)=C/COc1ccc(CCNC(=O)c2ccccc2)cc1. The summed E-state index contributed by atoms with van der Waals surface area (Å²) < 4.78 is 11.1. The van der Waals surface area contributed by atoms with Crippen molar-refractivity contribution in [1.29, 1.82) is 0 Å². The molecule has 0 aliphatic rings. The van der Waals surface area contributed by atoms with Gasteiger partial charge in [-0.05, 0) is 68.7 Å².